The molecular formula is C8H11N. The van der Waals surface area contributed by atoms with E-state index < -0.39 is 0 Å². The summed E-state index contributed by atoms with van der Waals surface area (Å²) in [5.41, 5.74) is 0. The molecule has 0 N–H and O–H groups in total. The zero-order valence-electron chi connectivity index (χ0n) is 5.94. The molecule has 0 fully saturated rings. The summed E-state index contributed by atoms with van der Waals surface area (Å²) in [7, 11) is 0. The Morgan fingerprint density at radius 3 is 2.67 bits per heavy atom. The number of hydrogen-bond donors (Lipinski definition) is 0. The standard InChI is InChI=1S/C8H11N/c1-3-4-5-6-8(2)7-9/h8H,3-4H2,1-2H3. The van der Waals surface area contributed by atoms with Crippen LogP contribution in [0.15, 0.2) is 0 Å². The third-order valence-electron chi connectivity index (χ3n) is 0.887. The lowest BCUT2D eigenvalue weighted by atomic mass is 10.2. The molecule has 0 aliphatic carbocycles. The highest BCUT2D eigenvalue weighted by molar-refractivity contribution is 5.09. The molecule has 0 aromatic carbocycles. The summed E-state index contributed by atoms with van der Waals surface area (Å²) < 4.78 is 0. The van der Waals surface area contributed by atoms with E-state index in [0.29, 0.717) is 0 Å². The summed E-state index contributed by atoms with van der Waals surface area (Å²) in [6.07, 6.45) is 1.98. The number of hydrogen-bond acceptors (Lipinski definition) is 1. The van der Waals surface area contributed by atoms with Crippen LogP contribution in [0.3, 0.4) is 0 Å². The predicted molar refractivity (Wildman–Crippen MR) is 37.5 cm³/mol. The van der Waals surface area contributed by atoms with E-state index in [1.54, 1.807) is 0 Å². The fourth-order valence-corrected chi connectivity index (χ4v) is 0.383. The smallest absolute Gasteiger partial charge is 0.104 e. The Labute approximate surface area is 56.7 Å². The van der Waals surface area contributed by atoms with Crippen molar-refractivity contribution in [2.45, 2.75) is 26.7 Å². The second-order valence-electron chi connectivity index (χ2n) is 1.92. The summed E-state index contributed by atoms with van der Waals surface area (Å²) in [5.74, 6) is 5.63. The Kier molecular flexibility index (Phi) is 4.64. The van der Waals surface area contributed by atoms with Crippen molar-refractivity contribution in [3.05, 3.63) is 0 Å². The van der Waals surface area contributed by atoms with E-state index >= 15 is 0 Å². The third kappa shape index (κ3) is 4.91. The molecule has 0 heterocycles. The maximum Gasteiger partial charge on any atom is 0.104 e. The minimum Gasteiger partial charge on any atom is -0.197 e. The van der Waals surface area contributed by atoms with E-state index in [2.05, 4.69) is 24.8 Å². The van der Waals surface area contributed by atoms with E-state index in [9.17, 15) is 0 Å². The molecule has 0 amide bonds. The van der Waals surface area contributed by atoms with Gasteiger partial charge in [-0.05, 0) is 13.3 Å². The first-order valence-corrected chi connectivity index (χ1v) is 3.19. The van der Waals surface area contributed by atoms with E-state index in [-0.39, 0.29) is 5.92 Å². The topological polar surface area (TPSA) is 23.8 Å². The molecule has 0 rings (SSSR count). The Hall–Kier alpha value is -0.950. The molecule has 0 aromatic heterocycles. The van der Waals surface area contributed by atoms with Gasteiger partial charge in [0.25, 0.3) is 0 Å². The zero-order valence-corrected chi connectivity index (χ0v) is 5.94. The average Bonchev–Trinajstić information content (AvgIpc) is 1.89. The van der Waals surface area contributed by atoms with E-state index in [1.165, 1.54) is 0 Å². The van der Waals surface area contributed by atoms with Crippen LogP contribution in [0.1, 0.15) is 26.7 Å². The highest BCUT2D eigenvalue weighted by atomic mass is 14.2. The van der Waals surface area contributed by atoms with Crippen LogP contribution >= 0.6 is 0 Å². The maximum atomic E-state index is 8.28. The lowest BCUT2D eigenvalue weighted by Gasteiger charge is -1.82. The zero-order chi connectivity index (χ0) is 7.11. The third-order valence-corrected chi connectivity index (χ3v) is 0.887. The van der Waals surface area contributed by atoms with Crippen LogP contribution in [0.2, 0.25) is 0 Å². The predicted octanol–water partition coefficient (Wildman–Crippen LogP) is 1.95. The summed E-state index contributed by atoms with van der Waals surface area (Å²) >= 11 is 0. The molecule has 1 atom stereocenters. The number of rotatable bonds is 1. The lowest BCUT2D eigenvalue weighted by Crippen LogP contribution is -1.80. The van der Waals surface area contributed by atoms with Gasteiger partial charge in [-0.25, -0.2) is 0 Å². The van der Waals surface area contributed by atoms with E-state index in [0.717, 1.165) is 12.8 Å². The minimum absolute atomic E-state index is 0.100. The van der Waals surface area contributed by atoms with Crippen molar-refractivity contribution in [1.82, 2.24) is 0 Å². The second kappa shape index (κ2) is 5.19. The summed E-state index contributed by atoms with van der Waals surface area (Å²) in [6, 6.07) is 2.05. The van der Waals surface area contributed by atoms with Crippen LogP contribution in [0.5, 0.6) is 0 Å². The quantitative estimate of drug-likeness (QED) is 0.486. The Morgan fingerprint density at radius 1 is 1.56 bits per heavy atom. The molecule has 0 bridgehead atoms. The van der Waals surface area contributed by atoms with Gasteiger partial charge in [-0.3, -0.25) is 0 Å². The normalized spacial score (nSPS) is 10.8. The van der Waals surface area contributed by atoms with Crippen molar-refractivity contribution in [1.29, 1.82) is 5.26 Å². The first kappa shape index (κ1) is 8.05. The highest BCUT2D eigenvalue weighted by Crippen LogP contribution is 1.88. The van der Waals surface area contributed by atoms with Crippen LogP contribution in [-0.2, 0) is 0 Å². The van der Waals surface area contributed by atoms with Gasteiger partial charge in [-0.1, -0.05) is 12.8 Å². The van der Waals surface area contributed by atoms with Crippen molar-refractivity contribution in [3.63, 3.8) is 0 Å². The lowest BCUT2D eigenvalue weighted by molar-refractivity contribution is 0.960. The van der Waals surface area contributed by atoms with Crippen molar-refractivity contribution < 1.29 is 0 Å². The van der Waals surface area contributed by atoms with Crippen LogP contribution in [0.25, 0.3) is 0 Å². The molecular weight excluding hydrogens is 110 g/mol. The fourth-order valence-electron chi connectivity index (χ4n) is 0.383. The molecule has 0 aliphatic heterocycles. The molecule has 0 saturated heterocycles. The number of nitrogens with zero attached hydrogens (tertiary/aromatic N) is 1. The fraction of sp³-hybridized carbons (Fsp3) is 0.625. The van der Waals surface area contributed by atoms with Gasteiger partial charge in [0.05, 0.1) is 6.07 Å². The van der Waals surface area contributed by atoms with Gasteiger partial charge in [0, 0.05) is 6.42 Å². The monoisotopic (exact) mass is 121 g/mol. The SMILES string of the molecule is CCCC#CC(C)C#N. The molecule has 0 radical (unpaired) electrons. The van der Waals surface area contributed by atoms with Crippen LogP contribution < -0.4 is 0 Å². The van der Waals surface area contributed by atoms with Crippen LogP contribution in [0.4, 0.5) is 0 Å². The van der Waals surface area contributed by atoms with Gasteiger partial charge in [0.15, 0.2) is 0 Å². The van der Waals surface area contributed by atoms with Gasteiger partial charge in [-0.15, -0.1) is 5.92 Å². The molecule has 0 aliphatic rings. The summed E-state index contributed by atoms with van der Waals surface area (Å²) in [6.45, 7) is 3.88. The number of nitriles is 1. The van der Waals surface area contributed by atoms with Gasteiger partial charge in [0.2, 0.25) is 0 Å². The van der Waals surface area contributed by atoms with E-state index in [4.69, 9.17) is 5.26 Å². The maximum absolute atomic E-state index is 8.28. The molecule has 9 heavy (non-hydrogen) atoms. The molecule has 1 unspecified atom stereocenters. The minimum atomic E-state index is -0.100. The Bertz CT molecular complexity index is 154. The molecule has 0 aromatic rings. The Morgan fingerprint density at radius 2 is 2.22 bits per heavy atom. The molecule has 1 nitrogen and oxygen atoms in total. The molecule has 0 spiro atoms. The van der Waals surface area contributed by atoms with Gasteiger partial charge >= 0.3 is 0 Å². The van der Waals surface area contributed by atoms with E-state index in [1.807, 2.05) is 6.92 Å². The molecule has 0 saturated carbocycles. The van der Waals surface area contributed by atoms with Crippen LogP contribution in [-0.4, -0.2) is 0 Å². The van der Waals surface area contributed by atoms with Gasteiger partial charge in [0.1, 0.15) is 5.92 Å². The second-order valence-corrected chi connectivity index (χ2v) is 1.92. The largest absolute Gasteiger partial charge is 0.197 e. The first-order valence-electron chi connectivity index (χ1n) is 3.19. The number of unbranched alkanes of at least 4 members (excludes halogenated alkanes) is 1. The van der Waals surface area contributed by atoms with Crippen LogP contribution in [0, 0.1) is 29.1 Å². The van der Waals surface area contributed by atoms with Gasteiger partial charge in [-0.2, -0.15) is 5.26 Å². The summed E-state index contributed by atoms with van der Waals surface area (Å²) in [5, 5.41) is 8.28. The molecule has 48 valence electrons. The Balaban J connectivity index is 3.49. The first-order chi connectivity index (χ1) is 4.31. The van der Waals surface area contributed by atoms with Gasteiger partial charge < -0.3 is 0 Å². The van der Waals surface area contributed by atoms with Crippen molar-refractivity contribution in [2.75, 3.05) is 0 Å². The average molecular weight is 121 g/mol. The van der Waals surface area contributed by atoms with Crippen molar-refractivity contribution >= 4 is 0 Å². The molecule has 1 heteroatoms. The highest BCUT2D eigenvalue weighted by Gasteiger charge is 1.86. The van der Waals surface area contributed by atoms with Crippen molar-refractivity contribution in [2.24, 2.45) is 5.92 Å². The van der Waals surface area contributed by atoms with Crippen molar-refractivity contribution in [3.8, 4) is 17.9 Å². The summed E-state index contributed by atoms with van der Waals surface area (Å²) in [4.78, 5) is 0.